The van der Waals surface area contributed by atoms with Crippen LogP contribution in [0.1, 0.15) is 42.5 Å². The van der Waals surface area contributed by atoms with Crippen LogP contribution in [0.3, 0.4) is 0 Å². The number of halogens is 2. The van der Waals surface area contributed by atoms with Crippen LogP contribution in [-0.2, 0) is 0 Å². The molecule has 0 fully saturated rings. The lowest BCUT2D eigenvalue weighted by Gasteiger charge is -2.17. The molecule has 1 unspecified atom stereocenters. The van der Waals surface area contributed by atoms with Gasteiger partial charge in [-0.15, -0.1) is 11.3 Å². The van der Waals surface area contributed by atoms with Crippen molar-refractivity contribution in [1.82, 2.24) is 5.32 Å². The van der Waals surface area contributed by atoms with Gasteiger partial charge in [-0.2, -0.15) is 0 Å². The minimum atomic E-state index is 0.0810. The number of rotatable bonds is 4. The monoisotopic (exact) mass is 313 g/mol. The first-order chi connectivity index (χ1) is 9.02. The van der Waals surface area contributed by atoms with E-state index in [9.17, 15) is 0 Å². The molecular formula is C15H17Cl2NS. The average Bonchev–Trinajstić information content (AvgIpc) is 2.70. The Kier molecular flexibility index (Phi) is 4.91. The third kappa shape index (κ3) is 3.32. The molecule has 0 aliphatic rings. The van der Waals surface area contributed by atoms with Gasteiger partial charge in [0.2, 0.25) is 0 Å². The highest BCUT2D eigenvalue weighted by Crippen LogP contribution is 2.37. The maximum atomic E-state index is 6.24. The molecule has 1 aromatic carbocycles. The summed E-state index contributed by atoms with van der Waals surface area (Å²) in [7, 11) is 1.93. The molecule has 0 radical (unpaired) electrons. The van der Waals surface area contributed by atoms with E-state index in [0.29, 0.717) is 5.92 Å². The van der Waals surface area contributed by atoms with Gasteiger partial charge in [0.15, 0.2) is 0 Å². The lowest BCUT2D eigenvalue weighted by molar-refractivity contribution is 0.693. The van der Waals surface area contributed by atoms with Crippen molar-refractivity contribution in [3.05, 3.63) is 55.7 Å². The largest absolute Gasteiger partial charge is 0.309 e. The second kappa shape index (κ2) is 6.27. The lowest BCUT2D eigenvalue weighted by Crippen LogP contribution is -2.17. The maximum absolute atomic E-state index is 6.24. The van der Waals surface area contributed by atoms with Gasteiger partial charge in [-0.1, -0.05) is 61.3 Å². The third-order valence-corrected chi connectivity index (χ3v) is 4.74. The minimum Gasteiger partial charge on any atom is -0.309 e. The van der Waals surface area contributed by atoms with Crippen molar-refractivity contribution in [2.45, 2.75) is 25.8 Å². The Balaban J connectivity index is 2.34. The van der Waals surface area contributed by atoms with Crippen molar-refractivity contribution in [2.75, 3.05) is 7.05 Å². The Bertz CT molecular complexity index is 546. The topological polar surface area (TPSA) is 12.0 Å². The number of benzene rings is 1. The van der Waals surface area contributed by atoms with E-state index in [4.69, 9.17) is 23.2 Å². The molecule has 0 aliphatic heterocycles. The Morgan fingerprint density at radius 3 is 2.05 bits per heavy atom. The zero-order chi connectivity index (χ0) is 14.0. The lowest BCUT2D eigenvalue weighted by atomic mass is 9.97. The van der Waals surface area contributed by atoms with Gasteiger partial charge in [-0.05, 0) is 30.2 Å². The molecule has 0 bridgehead atoms. The molecule has 2 rings (SSSR count). The SMILES string of the molecule is CNC(c1ccc(C(C)C)cc1)c1cc(Cl)sc1Cl. The molecule has 102 valence electrons. The quantitative estimate of drug-likeness (QED) is 0.787. The molecule has 0 saturated carbocycles. The van der Waals surface area contributed by atoms with E-state index >= 15 is 0 Å². The molecule has 0 aliphatic carbocycles. The van der Waals surface area contributed by atoms with Crippen molar-refractivity contribution in [3.8, 4) is 0 Å². The fourth-order valence-electron chi connectivity index (χ4n) is 2.12. The first kappa shape index (κ1) is 14.9. The van der Waals surface area contributed by atoms with E-state index in [1.54, 1.807) is 0 Å². The Labute approximate surface area is 128 Å². The summed E-state index contributed by atoms with van der Waals surface area (Å²) in [5.41, 5.74) is 3.58. The van der Waals surface area contributed by atoms with E-state index in [-0.39, 0.29) is 6.04 Å². The fourth-order valence-corrected chi connectivity index (χ4v) is 3.66. The molecule has 1 atom stereocenters. The molecule has 0 spiro atoms. The van der Waals surface area contributed by atoms with E-state index in [0.717, 1.165) is 14.2 Å². The van der Waals surface area contributed by atoms with Crippen molar-refractivity contribution in [2.24, 2.45) is 0 Å². The van der Waals surface area contributed by atoms with Crippen molar-refractivity contribution < 1.29 is 0 Å². The molecule has 1 N–H and O–H groups in total. The van der Waals surface area contributed by atoms with Crippen LogP contribution in [0, 0.1) is 0 Å². The molecule has 1 nitrogen and oxygen atoms in total. The van der Waals surface area contributed by atoms with Crippen LogP contribution < -0.4 is 5.32 Å². The van der Waals surface area contributed by atoms with E-state index in [1.807, 2.05) is 13.1 Å². The summed E-state index contributed by atoms with van der Waals surface area (Å²) in [4.78, 5) is 0. The number of hydrogen-bond acceptors (Lipinski definition) is 2. The Morgan fingerprint density at radius 2 is 1.63 bits per heavy atom. The van der Waals surface area contributed by atoms with Crippen LogP contribution in [0.2, 0.25) is 8.67 Å². The summed E-state index contributed by atoms with van der Waals surface area (Å²) in [6.45, 7) is 4.39. The van der Waals surface area contributed by atoms with Gasteiger partial charge in [-0.3, -0.25) is 0 Å². The Hall–Kier alpha value is -0.540. The van der Waals surface area contributed by atoms with Gasteiger partial charge in [-0.25, -0.2) is 0 Å². The fraction of sp³-hybridized carbons (Fsp3) is 0.333. The summed E-state index contributed by atoms with van der Waals surface area (Å²) in [5, 5.41) is 3.30. The summed E-state index contributed by atoms with van der Waals surface area (Å²) in [6.07, 6.45) is 0. The van der Waals surface area contributed by atoms with Gasteiger partial charge in [0, 0.05) is 5.56 Å². The molecule has 0 saturated heterocycles. The van der Waals surface area contributed by atoms with E-state index < -0.39 is 0 Å². The summed E-state index contributed by atoms with van der Waals surface area (Å²) < 4.78 is 1.47. The van der Waals surface area contributed by atoms with Gasteiger partial charge in [0.1, 0.15) is 0 Å². The van der Waals surface area contributed by atoms with Crippen LogP contribution in [0.15, 0.2) is 30.3 Å². The van der Waals surface area contributed by atoms with Gasteiger partial charge >= 0.3 is 0 Å². The highest BCUT2D eigenvalue weighted by atomic mass is 35.5. The standard InChI is InChI=1S/C15H17Cl2NS/c1-9(2)10-4-6-11(7-5-10)14(18-3)12-8-13(16)19-15(12)17/h4-9,14,18H,1-3H3. The van der Waals surface area contributed by atoms with Gasteiger partial charge in [0.05, 0.1) is 14.7 Å². The van der Waals surface area contributed by atoms with Crippen LogP contribution in [0.5, 0.6) is 0 Å². The van der Waals surface area contributed by atoms with Crippen LogP contribution >= 0.6 is 34.5 Å². The van der Waals surface area contributed by atoms with Crippen LogP contribution in [-0.4, -0.2) is 7.05 Å². The maximum Gasteiger partial charge on any atom is 0.0995 e. The summed E-state index contributed by atoms with van der Waals surface area (Å²) >= 11 is 13.7. The molecule has 1 aromatic heterocycles. The van der Waals surface area contributed by atoms with E-state index in [1.165, 1.54) is 22.5 Å². The zero-order valence-electron chi connectivity index (χ0n) is 11.2. The van der Waals surface area contributed by atoms with Crippen molar-refractivity contribution >= 4 is 34.5 Å². The summed E-state index contributed by atoms with van der Waals surface area (Å²) in [6, 6.07) is 10.7. The summed E-state index contributed by atoms with van der Waals surface area (Å²) in [5.74, 6) is 0.543. The third-order valence-electron chi connectivity index (χ3n) is 3.22. The molecular weight excluding hydrogens is 297 g/mol. The predicted molar refractivity (Wildman–Crippen MR) is 85.8 cm³/mol. The molecule has 19 heavy (non-hydrogen) atoms. The predicted octanol–water partition coefficient (Wildman–Crippen LogP) is 5.49. The van der Waals surface area contributed by atoms with Crippen molar-refractivity contribution in [3.63, 3.8) is 0 Å². The Morgan fingerprint density at radius 1 is 1.05 bits per heavy atom. The second-order valence-electron chi connectivity index (χ2n) is 4.82. The van der Waals surface area contributed by atoms with Crippen LogP contribution in [0.25, 0.3) is 0 Å². The zero-order valence-corrected chi connectivity index (χ0v) is 13.5. The molecule has 1 heterocycles. The molecule has 2 aromatic rings. The molecule has 4 heteroatoms. The molecule has 0 amide bonds. The first-order valence-corrected chi connectivity index (χ1v) is 7.82. The van der Waals surface area contributed by atoms with Crippen LogP contribution in [0.4, 0.5) is 0 Å². The highest BCUT2D eigenvalue weighted by Gasteiger charge is 2.18. The number of hydrogen-bond donors (Lipinski definition) is 1. The normalized spacial score (nSPS) is 12.9. The average molecular weight is 314 g/mol. The van der Waals surface area contributed by atoms with E-state index in [2.05, 4.69) is 43.4 Å². The number of thiophene rings is 1. The van der Waals surface area contributed by atoms with Gasteiger partial charge < -0.3 is 5.32 Å². The van der Waals surface area contributed by atoms with Crippen molar-refractivity contribution in [1.29, 1.82) is 0 Å². The second-order valence-corrected chi connectivity index (χ2v) is 7.11. The van der Waals surface area contributed by atoms with Gasteiger partial charge in [0.25, 0.3) is 0 Å². The highest BCUT2D eigenvalue weighted by molar-refractivity contribution is 7.20. The number of nitrogens with one attached hydrogen (secondary N) is 1. The smallest absolute Gasteiger partial charge is 0.0995 e. The minimum absolute atomic E-state index is 0.0810. The first-order valence-electron chi connectivity index (χ1n) is 6.24.